The van der Waals surface area contributed by atoms with E-state index in [2.05, 4.69) is 47.1 Å². The normalized spacial score (nSPS) is 14.4. The molecule has 1 N–H and O–H groups in total. The van der Waals surface area contributed by atoms with Crippen LogP contribution in [0.15, 0.2) is 97.2 Å². The molecule has 0 saturated heterocycles. The third-order valence-corrected chi connectivity index (χ3v) is 7.41. The van der Waals surface area contributed by atoms with E-state index in [-0.39, 0.29) is 17.9 Å². The lowest BCUT2D eigenvalue weighted by molar-refractivity contribution is 0.180. The lowest BCUT2D eigenvalue weighted by Gasteiger charge is -2.31. The van der Waals surface area contributed by atoms with Gasteiger partial charge in [-0.2, -0.15) is 5.10 Å². The molecule has 1 aliphatic heterocycles. The predicted molar refractivity (Wildman–Crippen MR) is 149 cm³/mol. The fourth-order valence-corrected chi connectivity index (χ4v) is 5.32. The van der Waals surface area contributed by atoms with Crippen molar-refractivity contribution in [3.8, 4) is 11.5 Å². The van der Waals surface area contributed by atoms with Crippen molar-refractivity contribution in [3.05, 3.63) is 137 Å². The van der Waals surface area contributed by atoms with E-state index < -0.39 is 0 Å². The van der Waals surface area contributed by atoms with Crippen LogP contribution in [-0.4, -0.2) is 25.3 Å². The molecular formula is C32H30FN5O. The summed E-state index contributed by atoms with van der Waals surface area (Å²) in [5.41, 5.74) is 6.90. The molecule has 2 amide bonds. The van der Waals surface area contributed by atoms with Crippen molar-refractivity contribution in [2.45, 2.75) is 39.4 Å². The monoisotopic (exact) mass is 519 g/mol. The number of fused-ring (bicyclic) bond motifs is 3. The molecule has 5 aromatic rings. The van der Waals surface area contributed by atoms with E-state index in [1.165, 1.54) is 17.7 Å². The van der Waals surface area contributed by atoms with E-state index in [0.29, 0.717) is 13.1 Å². The SMILES string of the molecule is CCc1ccc([C@@H]2c3cccn3-c3c(c(C)nn3-c3ccccc3)CN2C(=O)NCc2ccc(F)cc2)cc1. The van der Waals surface area contributed by atoms with Gasteiger partial charge in [0.05, 0.1) is 29.7 Å². The van der Waals surface area contributed by atoms with Crippen LogP contribution in [0.1, 0.15) is 46.6 Å². The van der Waals surface area contributed by atoms with Crippen LogP contribution < -0.4 is 5.32 Å². The number of para-hydroxylation sites is 1. The largest absolute Gasteiger partial charge is 0.334 e. The summed E-state index contributed by atoms with van der Waals surface area (Å²) in [6.45, 7) is 4.81. The Hall–Kier alpha value is -4.65. The highest BCUT2D eigenvalue weighted by Gasteiger charge is 2.35. The molecule has 0 unspecified atom stereocenters. The van der Waals surface area contributed by atoms with Crippen LogP contribution in [0, 0.1) is 12.7 Å². The van der Waals surface area contributed by atoms with Gasteiger partial charge in [0.15, 0.2) is 0 Å². The maximum absolute atomic E-state index is 13.9. The van der Waals surface area contributed by atoms with Crippen molar-refractivity contribution in [1.29, 1.82) is 0 Å². The highest BCUT2D eigenvalue weighted by Crippen LogP contribution is 2.38. The fourth-order valence-electron chi connectivity index (χ4n) is 5.32. The minimum Gasteiger partial charge on any atom is -0.334 e. The quantitative estimate of drug-likeness (QED) is 0.289. The van der Waals surface area contributed by atoms with Crippen LogP contribution in [0.2, 0.25) is 0 Å². The molecule has 3 heterocycles. The highest BCUT2D eigenvalue weighted by molar-refractivity contribution is 5.76. The van der Waals surface area contributed by atoms with E-state index in [0.717, 1.165) is 46.0 Å². The third-order valence-electron chi connectivity index (χ3n) is 7.41. The molecule has 0 bridgehead atoms. The lowest BCUT2D eigenvalue weighted by Crippen LogP contribution is -2.41. The van der Waals surface area contributed by atoms with Crippen molar-refractivity contribution in [3.63, 3.8) is 0 Å². The number of benzene rings is 3. The smallest absolute Gasteiger partial charge is 0.318 e. The number of carbonyl (C=O) groups excluding carboxylic acids is 1. The molecule has 1 aliphatic rings. The Bertz CT molecular complexity index is 1600. The molecule has 0 spiro atoms. The van der Waals surface area contributed by atoms with Gasteiger partial charge in [0.2, 0.25) is 0 Å². The van der Waals surface area contributed by atoms with Crippen molar-refractivity contribution >= 4 is 6.03 Å². The number of rotatable bonds is 5. The topological polar surface area (TPSA) is 55.1 Å². The molecule has 39 heavy (non-hydrogen) atoms. The molecule has 3 aromatic carbocycles. The summed E-state index contributed by atoms with van der Waals surface area (Å²) in [6.07, 6.45) is 2.99. The maximum atomic E-state index is 13.9. The second-order valence-corrected chi connectivity index (χ2v) is 9.85. The van der Waals surface area contributed by atoms with Gasteiger partial charge in [-0.05, 0) is 66.4 Å². The summed E-state index contributed by atoms with van der Waals surface area (Å²) in [4.78, 5) is 15.8. The standard InChI is InChI=1S/C32H30FN5O/c1-3-23-11-15-25(16-12-23)30-29-10-7-19-36(29)31-28(22(2)35-38(31)27-8-5-4-6-9-27)21-37(30)32(39)34-20-24-13-17-26(33)18-14-24/h4-19,30H,3,20-21H2,1-2H3,(H,34,39)/t30-/m1/s1. The number of amides is 2. The highest BCUT2D eigenvalue weighted by atomic mass is 19.1. The Kier molecular flexibility index (Phi) is 6.49. The molecule has 2 aromatic heterocycles. The van der Waals surface area contributed by atoms with Gasteiger partial charge in [0.1, 0.15) is 11.6 Å². The van der Waals surface area contributed by atoms with Gasteiger partial charge in [-0.25, -0.2) is 13.9 Å². The van der Waals surface area contributed by atoms with E-state index >= 15 is 0 Å². The molecule has 196 valence electrons. The van der Waals surface area contributed by atoms with E-state index in [4.69, 9.17) is 5.10 Å². The van der Waals surface area contributed by atoms with Crippen LogP contribution in [0.4, 0.5) is 9.18 Å². The number of aryl methyl sites for hydroxylation is 2. The second-order valence-electron chi connectivity index (χ2n) is 9.85. The first-order valence-electron chi connectivity index (χ1n) is 13.2. The number of nitrogens with one attached hydrogen (secondary N) is 1. The van der Waals surface area contributed by atoms with E-state index in [9.17, 15) is 9.18 Å². The Morgan fingerprint density at radius 1 is 0.949 bits per heavy atom. The zero-order chi connectivity index (χ0) is 26.9. The summed E-state index contributed by atoms with van der Waals surface area (Å²) >= 11 is 0. The van der Waals surface area contributed by atoms with Gasteiger partial charge in [0, 0.05) is 18.3 Å². The number of nitrogens with zero attached hydrogens (tertiary/aromatic N) is 4. The van der Waals surface area contributed by atoms with Crippen LogP contribution in [0.5, 0.6) is 0 Å². The first-order valence-corrected chi connectivity index (χ1v) is 13.2. The number of hydrogen-bond acceptors (Lipinski definition) is 2. The maximum Gasteiger partial charge on any atom is 0.318 e. The summed E-state index contributed by atoms with van der Waals surface area (Å²) < 4.78 is 17.5. The number of halogens is 1. The molecule has 6 nitrogen and oxygen atoms in total. The Balaban J connectivity index is 1.46. The van der Waals surface area contributed by atoms with Crippen LogP contribution in [0.25, 0.3) is 11.5 Å². The van der Waals surface area contributed by atoms with E-state index in [1.54, 1.807) is 12.1 Å². The Morgan fingerprint density at radius 2 is 1.67 bits per heavy atom. The van der Waals surface area contributed by atoms with Crippen molar-refractivity contribution in [2.75, 3.05) is 0 Å². The second kappa shape index (κ2) is 10.3. The van der Waals surface area contributed by atoms with Crippen LogP contribution in [0.3, 0.4) is 0 Å². The van der Waals surface area contributed by atoms with Gasteiger partial charge < -0.3 is 14.8 Å². The van der Waals surface area contributed by atoms with Gasteiger partial charge >= 0.3 is 6.03 Å². The Labute approximate surface area is 227 Å². The number of urea groups is 1. The van der Waals surface area contributed by atoms with Crippen molar-refractivity contribution in [1.82, 2.24) is 24.6 Å². The minimum atomic E-state index is -0.324. The minimum absolute atomic E-state index is 0.198. The average Bonchev–Trinajstić information content (AvgIpc) is 3.53. The molecule has 1 atom stereocenters. The summed E-state index contributed by atoms with van der Waals surface area (Å²) in [5, 5.41) is 7.98. The first kappa shape index (κ1) is 24.7. The molecule has 0 aliphatic carbocycles. The van der Waals surface area contributed by atoms with E-state index in [1.807, 2.05) is 59.1 Å². The van der Waals surface area contributed by atoms with Gasteiger partial charge in [-0.3, -0.25) is 0 Å². The van der Waals surface area contributed by atoms with Gasteiger partial charge in [-0.1, -0.05) is 61.5 Å². The number of aromatic nitrogens is 3. The fraction of sp³-hybridized carbons (Fsp3) is 0.188. The first-order chi connectivity index (χ1) is 19.0. The summed E-state index contributed by atoms with van der Waals surface area (Å²) in [7, 11) is 0. The van der Waals surface area contributed by atoms with Crippen molar-refractivity contribution in [2.24, 2.45) is 0 Å². The summed E-state index contributed by atoms with van der Waals surface area (Å²) in [5.74, 6) is 0.634. The number of hydrogen-bond donors (Lipinski definition) is 1. The number of carbonyl (C=O) groups is 1. The van der Waals surface area contributed by atoms with Crippen LogP contribution in [-0.2, 0) is 19.5 Å². The zero-order valence-corrected chi connectivity index (χ0v) is 22.0. The summed E-state index contributed by atoms with van der Waals surface area (Å²) in [6, 6.07) is 28.3. The predicted octanol–water partition coefficient (Wildman–Crippen LogP) is 6.49. The zero-order valence-electron chi connectivity index (χ0n) is 22.0. The molecular weight excluding hydrogens is 489 g/mol. The molecule has 0 saturated carbocycles. The molecule has 6 rings (SSSR count). The van der Waals surface area contributed by atoms with Crippen molar-refractivity contribution < 1.29 is 9.18 Å². The molecule has 7 heteroatoms. The lowest BCUT2D eigenvalue weighted by atomic mass is 9.99. The molecule has 0 fully saturated rings. The van der Waals surface area contributed by atoms with Gasteiger partial charge in [0.25, 0.3) is 0 Å². The third kappa shape index (κ3) is 4.61. The Morgan fingerprint density at radius 3 is 2.38 bits per heavy atom. The average molecular weight is 520 g/mol. The van der Waals surface area contributed by atoms with Gasteiger partial charge in [-0.15, -0.1) is 0 Å². The van der Waals surface area contributed by atoms with Crippen LogP contribution >= 0.6 is 0 Å². The molecule has 0 radical (unpaired) electrons.